The van der Waals surface area contributed by atoms with Gasteiger partial charge in [0.1, 0.15) is 5.82 Å². The first-order valence-corrected chi connectivity index (χ1v) is 10.2. The number of rotatable bonds is 7. The largest absolute Gasteiger partial charge is 0.389 e. The van der Waals surface area contributed by atoms with Crippen molar-refractivity contribution in [3.05, 3.63) is 30.1 Å². The molecule has 0 aromatic heterocycles. The maximum atomic E-state index is 13.3. The van der Waals surface area contributed by atoms with E-state index in [-0.39, 0.29) is 11.5 Å². The van der Waals surface area contributed by atoms with Gasteiger partial charge in [0, 0.05) is 19.7 Å². The Balaban J connectivity index is 1.61. The van der Waals surface area contributed by atoms with Crippen LogP contribution in [0.4, 0.5) is 4.39 Å². The van der Waals surface area contributed by atoms with Crippen molar-refractivity contribution in [2.45, 2.75) is 42.0 Å². The minimum atomic E-state index is -3.93. The molecule has 9 heteroatoms. The smallest absolute Gasteiger partial charge is 0.241 e. The van der Waals surface area contributed by atoms with Crippen molar-refractivity contribution < 1.29 is 27.4 Å². The third-order valence-corrected chi connectivity index (χ3v) is 6.46. The van der Waals surface area contributed by atoms with Crippen LogP contribution in [0, 0.1) is 5.82 Å². The molecule has 2 aliphatic rings. The van der Waals surface area contributed by atoms with Crippen LogP contribution < -0.4 is 4.72 Å². The van der Waals surface area contributed by atoms with Gasteiger partial charge in [-0.3, -0.25) is 4.90 Å². The highest BCUT2D eigenvalue weighted by atomic mass is 32.2. The molecule has 2 aliphatic heterocycles. The zero-order valence-corrected chi connectivity index (χ0v) is 15.5. The second kappa shape index (κ2) is 8.28. The Kier molecular flexibility index (Phi) is 6.26. The van der Waals surface area contributed by atoms with Crippen molar-refractivity contribution in [1.82, 2.24) is 9.62 Å². The molecule has 0 saturated carbocycles. The monoisotopic (exact) mass is 388 g/mol. The van der Waals surface area contributed by atoms with Gasteiger partial charge in [0.05, 0.1) is 36.4 Å². The van der Waals surface area contributed by atoms with E-state index in [0.29, 0.717) is 19.2 Å². The molecule has 0 bridgehead atoms. The molecular weight excluding hydrogens is 363 g/mol. The molecule has 2 N–H and O–H groups in total. The molecule has 26 heavy (non-hydrogen) atoms. The standard InChI is InChI=1S/C17H25FN2O5S/c1-24-10-13-5-3-7-20(13)9-16-17(21)15(11-25-16)19-26(22,23)14-6-2-4-12(18)8-14/h2,4,6,8,13,15-17,19,21H,3,5,7,9-11H2,1H3. The summed E-state index contributed by atoms with van der Waals surface area (Å²) in [7, 11) is -2.27. The Hall–Kier alpha value is -1.10. The number of nitrogens with zero attached hydrogens (tertiary/aromatic N) is 1. The lowest BCUT2D eigenvalue weighted by Gasteiger charge is -2.28. The number of aliphatic hydroxyl groups is 1. The van der Waals surface area contributed by atoms with Crippen molar-refractivity contribution >= 4 is 10.0 Å². The molecule has 0 radical (unpaired) electrons. The second-order valence-electron chi connectivity index (χ2n) is 6.79. The Morgan fingerprint density at radius 3 is 3.00 bits per heavy atom. The molecule has 146 valence electrons. The molecule has 4 atom stereocenters. The summed E-state index contributed by atoms with van der Waals surface area (Å²) in [5.74, 6) is -0.632. The first-order valence-electron chi connectivity index (χ1n) is 8.71. The first-order chi connectivity index (χ1) is 12.4. The number of benzene rings is 1. The number of nitrogens with one attached hydrogen (secondary N) is 1. The highest BCUT2D eigenvalue weighted by Crippen LogP contribution is 2.23. The highest BCUT2D eigenvalue weighted by molar-refractivity contribution is 7.89. The molecule has 2 fully saturated rings. The fourth-order valence-electron chi connectivity index (χ4n) is 3.60. The van der Waals surface area contributed by atoms with Gasteiger partial charge >= 0.3 is 0 Å². The summed E-state index contributed by atoms with van der Waals surface area (Å²) in [6.45, 7) is 2.12. The Bertz CT molecular complexity index is 717. The predicted molar refractivity (Wildman–Crippen MR) is 92.7 cm³/mol. The maximum Gasteiger partial charge on any atom is 0.241 e. The van der Waals surface area contributed by atoms with Crippen LogP contribution in [0.5, 0.6) is 0 Å². The summed E-state index contributed by atoms with van der Waals surface area (Å²) >= 11 is 0. The summed E-state index contributed by atoms with van der Waals surface area (Å²) in [4.78, 5) is 2.04. The molecule has 4 unspecified atom stereocenters. The minimum Gasteiger partial charge on any atom is -0.389 e. The van der Waals surface area contributed by atoms with Gasteiger partial charge in [0.15, 0.2) is 0 Å². The molecule has 1 aromatic carbocycles. The van der Waals surface area contributed by atoms with Gasteiger partial charge in [-0.1, -0.05) is 6.07 Å². The van der Waals surface area contributed by atoms with Crippen LogP contribution in [0.2, 0.25) is 0 Å². The quantitative estimate of drug-likeness (QED) is 0.701. The maximum absolute atomic E-state index is 13.3. The number of sulfonamides is 1. The molecule has 1 aromatic rings. The van der Waals surface area contributed by atoms with Crippen molar-refractivity contribution in [3.63, 3.8) is 0 Å². The minimum absolute atomic E-state index is 0.0726. The van der Waals surface area contributed by atoms with Crippen molar-refractivity contribution in [3.8, 4) is 0 Å². The summed E-state index contributed by atoms with van der Waals surface area (Å²) in [6.07, 6.45) is 0.647. The number of ether oxygens (including phenoxy) is 2. The third kappa shape index (κ3) is 4.41. The lowest BCUT2D eigenvalue weighted by Crippen LogP contribution is -2.47. The first kappa shape index (κ1) is 19.7. The molecule has 7 nitrogen and oxygen atoms in total. The third-order valence-electron chi connectivity index (χ3n) is 4.97. The number of likely N-dealkylation sites (tertiary alicyclic amines) is 1. The SMILES string of the molecule is COCC1CCCN1CC1OCC(NS(=O)(=O)c2cccc(F)c2)C1O. The average molecular weight is 388 g/mol. The number of methoxy groups -OCH3 is 1. The molecule has 2 saturated heterocycles. The lowest BCUT2D eigenvalue weighted by molar-refractivity contribution is 0.00485. The number of halogens is 1. The van der Waals surface area contributed by atoms with Gasteiger partial charge in [-0.15, -0.1) is 0 Å². The van der Waals surface area contributed by atoms with Gasteiger partial charge in [-0.2, -0.15) is 0 Å². The summed E-state index contributed by atoms with van der Waals surface area (Å²) in [5, 5.41) is 10.5. The average Bonchev–Trinajstić information content (AvgIpc) is 3.17. The van der Waals surface area contributed by atoms with Crippen molar-refractivity contribution in [1.29, 1.82) is 0 Å². The number of hydrogen-bond donors (Lipinski definition) is 2. The van der Waals surface area contributed by atoms with E-state index in [9.17, 15) is 17.9 Å². The Morgan fingerprint density at radius 2 is 2.27 bits per heavy atom. The Labute approximate surface area is 153 Å². The van der Waals surface area contributed by atoms with Gasteiger partial charge in [-0.25, -0.2) is 17.5 Å². The van der Waals surface area contributed by atoms with E-state index in [1.807, 2.05) is 0 Å². The summed E-state index contributed by atoms with van der Waals surface area (Å²) in [5.41, 5.74) is 0. The normalized spacial score (nSPS) is 30.1. The van der Waals surface area contributed by atoms with Gasteiger partial charge < -0.3 is 14.6 Å². The molecular formula is C17H25FN2O5S. The van der Waals surface area contributed by atoms with E-state index < -0.39 is 34.1 Å². The van der Waals surface area contributed by atoms with Gasteiger partial charge in [0.2, 0.25) is 10.0 Å². The van der Waals surface area contributed by atoms with Crippen LogP contribution >= 0.6 is 0 Å². The fraction of sp³-hybridized carbons (Fsp3) is 0.647. The zero-order valence-electron chi connectivity index (χ0n) is 14.7. The summed E-state index contributed by atoms with van der Waals surface area (Å²) < 4.78 is 51.4. The van der Waals surface area contributed by atoms with E-state index in [1.165, 1.54) is 18.2 Å². The van der Waals surface area contributed by atoms with Gasteiger partial charge in [0.25, 0.3) is 0 Å². The number of aliphatic hydroxyl groups excluding tert-OH is 1. The van der Waals surface area contributed by atoms with Crippen LogP contribution in [-0.4, -0.2) is 76.1 Å². The number of hydrogen-bond acceptors (Lipinski definition) is 6. The van der Waals surface area contributed by atoms with Crippen LogP contribution in [0.1, 0.15) is 12.8 Å². The molecule has 0 spiro atoms. The Morgan fingerprint density at radius 1 is 1.46 bits per heavy atom. The summed E-state index contributed by atoms with van der Waals surface area (Å²) in [6, 6.07) is 4.29. The predicted octanol–water partition coefficient (Wildman–Crippen LogP) is 0.343. The van der Waals surface area contributed by atoms with E-state index in [1.54, 1.807) is 7.11 Å². The van der Waals surface area contributed by atoms with Crippen LogP contribution in [0.3, 0.4) is 0 Å². The zero-order chi connectivity index (χ0) is 18.7. The van der Waals surface area contributed by atoms with E-state index in [0.717, 1.165) is 25.5 Å². The van der Waals surface area contributed by atoms with Crippen molar-refractivity contribution in [2.24, 2.45) is 0 Å². The van der Waals surface area contributed by atoms with Crippen LogP contribution in [0.25, 0.3) is 0 Å². The fourth-order valence-corrected chi connectivity index (χ4v) is 4.86. The van der Waals surface area contributed by atoms with E-state index in [4.69, 9.17) is 9.47 Å². The molecule has 3 rings (SSSR count). The van der Waals surface area contributed by atoms with E-state index in [2.05, 4.69) is 9.62 Å². The molecule has 2 heterocycles. The molecule has 0 aliphatic carbocycles. The topological polar surface area (TPSA) is 88.1 Å². The van der Waals surface area contributed by atoms with Crippen LogP contribution in [-0.2, 0) is 19.5 Å². The molecule has 0 amide bonds. The van der Waals surface area contributed by atoms with Crippen molar-refractivity contribution in [2.75, 3.05) is 33.4 Å². The second-order valence-corrected chi connectivity index (χ2v) is 8.51. The highest BCUT2D eigenvalue weighted by Gasteiger charge is 2.40. The van der Waals surface area contributed by atoms with Crippen LogP contribution in [0.15, 0.2) is 29.2 Å². The van der Waals surface area contributed by atoms with E-state index >= 15 is 0 Å². The lowest BCUT2D eigenvalue weighted by atomic mass is 10.1. The van der Waals surface area contributed by atoms with Gasteiger partial charge in [-0.05, 0) is 37.6 Å².